The Kier molecular flexibility index (Phi) is 4.85. The second kappa shape index (κ2) is 7.25. The van der Waals surface area contributed by atoms with Crippen molar-refractivity contribution in [1.29, 1.82) is 0 Å². The Morgan fingerprint density at radius 3 is 3.00 bits per heavy atom. The number of carbonyl (C=O) groups is 1. The summed E-state index contributed by atoms with van der Waals surface area (Å²) >= 11 is 3.28. The molecule has 1 aromatic carbocycles. The van der Waals surface area contributed by atoms with E-state index in [1.165, 1.54) is 29.5 Å². The molecule has 1 fully saturated rings. The third kappa shape index (κ3) is 3.48. The van der Waals surface area contributed by atoms with Crippen molar-refractivity contribution in [1.82, 2.24) is 14.8 Å². The maximum absolute atomic E-state index is 12.8. The largest absolute Gasteiger partial charge is 0.310 e. The third-order valence-corrected chi connectivity index (χ3v) is 6.35. The monoisotopic (exact) mass is 372 g/mol. The van der Waals surface area contributed by atoms with Gasteiger partial charge in [-0.3, -0.25) is 4.79 Å². The van der Waals surface area contributed by atoms with E-state index in [1.807, 2.05) is 40.9 Å². The fourth-order valence-electron chi connectivity index (χ4n) is 2.98. The highest BCUT2D eigenvalue weighted by molar-refractivity contribution is 8.00. The number of nitrogens with zero attached hydrogens (tertiary/aromatic N) is 4. The SMILES string of the molecule is C=CCn1c(SCC(=O)N2CCSc3ccccc32)nnc1C1CC1. The number of rotatable bonds is 6. The minimum Gasteiger partial charge on any atom is -0.310 e. The van der Waals surface area contributed by atoms with E-state index in [9.17, 15) is 4.79 Å². The van der Waals surface area contributed by atoms with Gasteiger partial charge in [-0.15, -0.1) is 28.5 Å². The molecule has 2 heterocycles. The van der Waals surface area contributed by atoms with Gasteiger partial charge in [0.25, 0.3) is 0 Å². The summed E-state index contributed by atoms with van der Waals surface area (Å²) in [7, 11) is 0. The van der Waals surface area contributed by atoms with Gasteiger partial charge < -0.3 is 9.47 Å². The molecule has 25 heavy (non-hydrogen) atoms. The normalized spacial score (nSPS) is 16.6. The van der Waals surface area contributed by atoms with Gasteiger partial charge in [0.15, 0.2) is 5.16 Å². The molecular weight excluding hydrogens is 352 g/mol. The highest BCUT2D eigenvalue weighted by atomic mass is 32.2. The van der Waals surface area contributed by atoms with Crippen molar-refractivity contribution in [2.75, 3.05) is 23.0 Å². The van der Waals surface area contributed by atoms with Gasteiger partial charge in [-0.25, -0.2) is 0 Å². The van der Waals surface area contributed by atoms with E-state index >= 15 is 0 Å². The zero-order valence-electron chi connectivity index (χ0n) is 13.9. The van der Waals surface area contributed by atoms with E-state index in [-0.39, 0.29) is 5.91 Å². The lowest BCUT2D eigenvalue weighted by Gasteiger charge is -2.28. The summed E-state index contributed by atoms with van der Waals surface area (Å²) in [5, 5.41) is 9.46. The predicted octanol–water partition coefficient (Wildman–Crippen LogP) is 3.57. The minimum absolute atomic E-state index is 0.124. The maximum Gasteiger partial charge on any atom is 0.237 e. The van der Waals surface area contributed by atoms with Crippen LogP contribution in [-0.2, 0) is 11.3 Å². The molecule has 0 spiro atoms. The number of aromatic nitrogens is 3. The molecule has 1 aliphatic carbocycles. The molecule has 1 amide bonds. The van der Waals surface area contributed by atoms with Gasteiger partial charge in [-0.05, 0) is 25.0 Å². The Hall–Kier alpha value is -1.73. The average molecular weight is 373 g/mol. The molecular formula is C18H20N4OS2. The van der Waals surface area contributed by atoms with Crippen LogP contribution in [0.15, 0.2) is 47.0 Å². The molecule has 2 aromatic rings. The molecule has 1 saturated carbocycles. The fraction of sp³-hybridized carbons (Fsp3) is 0.389. The molecule has 0 bridgehead atoms. The number of fused-ring (bicyclic) bond motifs is 1. The Bertz CT molecular complexity index is 800. The lowest BCUT2D eigenvalue weighted by molar-refractivity contribution is -0.116. The molecule has 130 valence electrons. The lowest BCUT2D eigenvalue weighted by atomic mass is 10.3. The Labute approximate surface area is 155 Å². The molecule has 4 rings (SSSR count). The molecule has 0 radical (unpaired) electrons. The van der Waals surface area contributed by atoms with Gasteiger partial charge in [0.05, 0.1) is 11.4 Å². The first kappa shape index (κ1) is 16.7. The van der Waals surface area contributed by atoms with Crippen LogP contribution in [0.2, 0.25) is 0 Å². The lowest BCUT2D eigenvalue weighted by Crippen LogP contribution is -2.36. The van der Waals surface area contributed by atoms with Crippen LogP contribution >= 0.6 is 23.5 Å². The second-order valence-electron chi connectivity index (χ2n) is 6.16. The van der Waals surface area contributed by atoms with Crippen molar-refractivity contribution in [3.05, 3.63) is 42.7 Å². The molecule has 1 aromatic heterocycles. The van der Waals surface area contributed by atoms with Crippen molar-refractivity contribution in [2.45, 2.75) is 35.4 Å². The van der Waals surface area contributed by atoms with Crippen molar-refractivity contribution >= 4 is 35.1 Å². The molecule has 0 N–H and O–H groups in total. The summed E-state index contributed by atoms with van der Waals surface area (Å²) in [6.07, 6.45) is 4.22. The second-order valence-corrected chi connectivity index (χ2v) is 8.24. The zero-order chi connectivity index (χ0) is 17.2. The molecule has 0 atom stereocenters. The fourth-order valence-corrected chi connectivity index (χ4v) is 4.81. The van der Waals surface area contributed by atoms with E-state index in [4.69, 9.17) is 0 Å². The van der Waals surface area contributed by atoms with Crippen LogP contribution in [0.25, 0.3) is 0 Å². The highest BCUT2D eigenvalue weighted by Gasteiger charge is 2.30. The van der Waals surface area contributed by atoms with Crippen LogP contribution in [0, 0.1) is 0 Å². The maximum atomic E-state index is 12.8. The van der Waals surface area contributed by atoms with Crippen molar-refractivity contribution in [3.8, 4) is 0 Å². The van der Waals surface area contributed by atoms with Crippen LogP contribution in [0.4, 0.5) is 5.69 Å². The molecule has 7 heteroatoms. The van der Waals surface area contributed by atoms with E-state index in [0.717, 1.165) is 29.0 Å². The number of carbonyl (C=O) groups excluding carboxylic acids is 1. The standard InChI is InChI=1S/C18H20N4OS2/c1-2-9-22-17(13-7-8-13)19-20-18(22)25-12-16(23)21-10-11-24-15-6-4-3-5-14(15)21/h2-6,13H,1,7-12H2. The van der Waals surface area contributed by atoms with Gasteiger partial charge in [0.1, 0.15) is 5.82 Å². The van der Waals surface area contributed by atoms with Crippen LogP contribution in [0.1, 0.15) is 24.6 Å². The van der Waals surface area contributed by atoms with Crippen molar-refractivity contribution in [2.24, 2.45) is 0 Å². The topological polar surface area (TPSA) is 51.0 Å². The number of benzene rings is 1. The van der Waals surface area contributed by atoms with Gasteiger partial charge in [-0.2, -0.15) is 0 Å². The number of thioether (sulfide) groups is 2. The van der Waals surface area contributed by atoms with Gasteiger partial charge in [0.2, 0.25) is 5.91 Å². The Morgan fingerprint density at radius 1 is 1.36 bits per heavy atom. The summed E-state index contributed by atoms with van der Waals surface area (Å²) in [5.41, 5.74) is 1.02. The Morgan fingerprint density at radius 2 is 2.20 bits per heavy atom. The summed E-state index contributed by atoms with van der Waals surface area (Å²) in [4.78, 5) is 15.9. The quantitative estimate of drug-likeness (QED) is 0.573. The van der Waals surface area contributed by atoms with Crippen LogP contribution in [0.3, 0.4) is 0 Å². The third-order valence-electron chi connectivity index (χ3n) is 4.35. The van der Waals surface area contributed by atoms with Crippen LogP contribution < -0.4 is 4.90 Å². The van der Waals surface area contributed by atoms with Crippen LogP contribution in [-0.4, -0.2) is 38.7 Å². The van der Waals surface area contributed by atoms with E-state index in [1.54, 1.807) is 0 Å². The number of para-hydroxylation sites is 1. The molecule has 0 saturated heterocycles. The first-order valence-electron chi connectivity index (χ1n) is 8.47. The number of hydrogen-bond donors (Lipinski definition) is 0. The summed E-state index contributed by atoms with van der Waals surface area (Å²) < 4.78 is 2.10. The van der Waals surface area contributed by atoms with Gasteiger partial charge >= 0.3 is 0 Å². The number of allylic oxidation sites excluding steroid dienone is 1. The number of anilines is 1. The minimum atomic E-state index is 0.124. The predicted molar refractivity (Wildman–Crippen MR) is 102 cm³/mol. The molecule has 1 aliphatic heterocycles. The zero-order valence-corrected chi connectivity index (χ0v) is 15.6. The molecule has 5 nitrogen and oxygen atoms in total. The smallest absolute Gasteiger partial charge is 0.237 e. The Balaban J connectivity index is 1.47. The van der Waals surface area contributed by atoms with Crippen molar-refractivity contribution in [3.63, 3.8) is 0 Å². The molecule has 2 aliphatic rings. The first-order chi connectivity index (χ1) is 12.3. The first-order valence-corrected chi connectivity index (χ1v) is 10.4. The van der Waals surface area contributed by atoms with E-state index < -0.39 is 0 Å². The van der Waals surface area contributed by atoms with Gasteiger partial charge in [-0.1, -0.05) is 30.0 Å². The number of hydrogen-bond acceptors (Lipinski definition) is 5. The average Bonchev–Trinajstić information content (AvgIpc) is 3.41. The van der Waals surface area contributed by atoms with Crippen LogP contribution in [0.5, 0.6) is 0 Å². The summed E-state index contributed by atoms with van der Waals surface area (Å²) in [6.45, 7) is 5.28. The molecule has 0 unspecified atom stereocenters. The highest BCUT2D eigenvalue weighted by Crippen LogP contribution is 2.40. The summed E-state index contributed by atoms with van der Waals surface area (Å²) in [6, 6.07) is 8.11. The number of amides is 1. The van der Waals surface area contributed by atoms with Crippen molar-refractivity contribution < 1.29 is 4.79 Å². The van der Waals surface area contributed by atoms with E-state index in [2.05, 4.69) is 27.4 Å². The summed E-state index contributed by atoms with van der Waals surface area (Å²) in [5.74, 6) is 3.00. The van der Waals surface area contributed by atoms with Gasteiger partial charge in [0, 0.05) is 29.7 Å². The van der Waals surface area contributed by atoms with E-state index in [0.29, 0.717) is 18.2 Å².